The molecule has 0 aliphatic rings. The van der Waals surface area contributed by atoms with Gasteiger partial charge in [-0.1, -0.05) is 20.8 Å². The standard InChI is InChI=1S/C13H24INO2/c1-12(2,3)10(16)8-7-9(11(14)17)15-13(4,5)6/h9,15H,7-8H2,1-6H3. The van der Waals surface area contributed by atoms with Crippen LogP contribution in [0.5, 0.6) is 0 Å². The highest BCUT2D eigenvalue weighted by Crippen LogP contribution is 2.19. The van der Waals surface area contributed by atoms with Crippen molar-refractivity contribution >= 4 is 32.2 Å². The van der Waals surface area contributed by atoms with E-state index in [0.717, 1.165) is 0 Å². The fourth-order valence-corrected chi connectivity index (χ4v) is 1.88. The Balaban J connectivity index is 4.40. The molecule has 0 aliphatic heterocycles. The average Bonchev–Trinajstić information content (AvgIpc) is 2.07. The van der Waals surface area contributed by atoms with Gasteiger partial charge in [0.1, 0.15) is 5.78 Å². The van der Waals surface area contributed by atoms with Crippen molar-refractivity contribution in [3.05, 3.63) is 0 Å². The third kappa shape index (κ3) is 7.86. The molecule has 0 saturated heterocycles. The van der Waals surface area contributed by atoms with Crippen LogP contribution in [0.15, 0.2) is 0 Å². The van der Waals surface area contributed by atoms with Crippen molar-refractivity contribution in [2.75, 3.05) is 0 Å². The summed E-state index contributed by atoms with van der Waals surface area (Å²) in [6.07, 6.45) is 1.03. The number of rotatable bonds is 5. The van der Waals surface area contributed by atoms with Gasteiger partial charge in [-0.2, -0.15) is 0 Å². The zero-order valence-corrected chi connectivity index (χ0v) is 13.8. The second kappa shape index (κ2) is 6.27. The summed E-state index contributed by atoms with van der Waals surface area (Å²) in [5.41, 5.74) is -0.434. The molecule has 0 aromatic carbocycles. The molecule has 0 saturated carbocycles. The van der Waals surface area contributed by atoms with Crippen LogP contribution in [0.1, 0.15) is 54.4 Å². The molecule has 1 N–H and O–H groups in total. The summed E-state index contributed by atoms with van der Waals surface area (Å²) >= 11 is 1.80. The lowest BCUT2D eigenvalue weighted by molar-refractivity contribution is -0.126. The molecular weight excluding hydrogens is 329 g/mol. The Kier molecular flexibility index (Phi) is 6.28. The Morgan fingerprint density at radius 1 is 1.12 bits per heavy atom. The first-order chi connectivity index (χ1) is 7.43. The number of halogens is 1. The molecule has 4 heteroatoms. The quantitative estimate of drug-likeness (QED) is 0.610. The maximum atomic E-state index is 11.8. The average molecular weight is 353 g/mol. The highest BCUT2D eigenvalue weighted by atomic mass is 127. The van der Waals surface area contributed by atoms with Gasteiger partial charge in [0.15, 0.2) is 0 Å². The molecule has 0 amide bonds. The van der Waals surface area contributed by atoms with Gasteiger partial charge in [-0.05, 0) is 27.2 Å². The lowest BCUT2D eigenvalue weighted by atomic mass is 9.87. The Labute approximate surface area is 118 Å². The van der Waals surface area contributed by atoms with Crippen LogP contribution in [0.25, 0.3) is 0 Å². The summed E-state index contributed by atoms with van der Waals surface area (Å²) < 4.78 is 0.0687. The summed E-state index contributed by atoms with van der Waals surface area (Å²) in [4.78, 5) is 23.3. The first-order valence-electron chi connectivity index (χ1n) is 5.94. The number of hydrogen-bond acceptors (Lipinski definition) is 3. The third-order valence-electron chi connectivity index (χ3n) is 2.38. The van der Waals surface area contributed by atoms with Crippen LogP contribution in [0.4, 0.5) is 0 Å². The number of hydrogen-bond donors (Lipinski definition) is 1. The molecule has 0 aromatic heterocycles. The molecule has 17 heavy (non-hydrogen) atoms. The van der Waals surface area contributed by atoms with Gasteiger partial charge in [0, 0.05) is 40.0 Å². The van der Waals surface area contributed by atoms with Crippen molar-refractivity contribution < 1.29 is 9.59 Å². The van der Waals surface area contributed by atoms with Crippen LogP contribution in [-0.4, -0.2) is 21.2 Å². The number of ketones is 1. The highest BCUT2D eigenvalue weighted by molar-refractivity contribution is 14.1. The Morgan fingerprint density at radius 3 is 1.88 bits per heavy atom. The third-order valence-corrected chi connectivity index (χ3v) is 3.13. The molecule has 1 atom stereocenters. The summed E-state index contributed by atoms with van der Waals surface area (Å²) in [5, 5.41) is 3.25. The van der Waals surface area contributed by atoms with Crippen molar-refractivity contribution in [3.63, 3.8) is 0 Å². The maximum Gasteiger partial charge on any atom is 0.209 e. The van der Waals surface area contributed by atoms with Gasteiger partial charge in [-0.3, -0.25) is 9.59 Å². The number of nitrogens with one attached hydrogen (secondary N) is 1. The minimum atomic E-state index is -0.319. The van der Waals surface area contributed by atoms with E-state index >= 15 is 0 Å². The van der Waals surface area contributed by atoms with Crippen molar-refractivity contribution in [2.24, 2.45) is 5.41 Å². The van der Waals surface area contributed by atoms with Crippen LogP contribution < -0.4 is 5.32 Å². The predicted molar refractivity (Wildman–Crippen MR) is 79.4 cm³/mol. The van der Waals surface area contributed by atoms with Gasteiger partial charge in [-0.25, -0.2) is 0 Å². The van der Waals surface area contributed by atoms with E-state index in [1.54, 1.807) is 22.6 Å². The van der Waals surface area contributed by atoms with Crippen LogP contribution in [-0.2, 0) is 9.59 Å². The molecule has 0 heterocycles. The smallest absolute Gasteiger partial charge is 0.209 e. The molecule has 100 valence electrons. The van der Waals surface area contributed by atoms with Gasteiger partial charge >= 0.3 is 0 Å². The van der Waals surface area contributed by atoms with Crippen LogP contribution in [0.3, 0.4) is 0 Å². The Hall–Kier alpha value is 0.0300. The molecule has 0 aromatic rings. The molecule has 0 aliphatic carbocycles. The van der Waals surface area contributed by atoms with Crippen LogP contribution >= 0.6 is 22.6 Å². The molecule has 3 nitrogen and oxygen atoms in total. The fourth-order valence-electron chi connectivity index (χ4n) is 1.42. The summed E-state index contributed by atoms with van der Waals surface area (Å²) in [6.45, 7) is 11.8. The molecule has 0 fully saturated rings. The summed E-state index contributed by atoms with van der Waals surface area (Å²) in [6, 6.07) is -0.234. The van der Waals surface area contributed by atoms with E-state index < -0.39 is 0 Å². The second-order valence-electron chi connectivity index (χ2n) is 6.46. The second-order valence-corrected chi connectivity index (χ2v) is 7.53. The minimum absolute atomic E-state index is 0.0687. The normalized spacial score (nSPS) is 14.5. The molecule has 0 spiro atoms. The predicted octanol–water partition coefficient (Wildman–Crippen LogP) is 3.10. The van der Waals surface area contributed by atoms with Crippen LogP contribution in [0.2, 0.25) is 0 Å². The molecular formula is C13H24INO2. The zero-order valence-electron chi connectivity index (χ0n) is 11.7. The number of Topliss-reactive ketones (excluding diaryl/α,β-unsaturated/α-hetero) is 1. The van der Waals surface area contributed by atoms with Gasteiger partial charge in [0.2, 0.25) is 3.79 Å². The van der Waals surface area contributed by atoms with Gasteiger partial charge in [-0.15, -0.1) is 0 Å². The van der Waals surface area contributed by atoms with E-state index in [4.69, 9.17) is 0 Å². The highest BCUT2D eigenvalue weighted by Gasteiger charge is 2.26. The van der Waals surface area contributed by atoms with Gasteiger partial charge in [0.25, 0.3) is 0 Å². The topological polar surface area (TPSA) is 46.2 Å². The summed E-state index contributed by atoms with van der Waals surface area (Å²) in [7, 11) is 0. The van der Waals surface area contributed by atoms with E-state index in [1.807, 2.05) is 41.5 Å². The van der Waals surface area contributed by atoms with E-state index in [0.29, 0.717) is 12.8 Å². The number of carbonyl (C=O) groups excluding carboxylic acids is 2. The van der Waals surface area contributed by atoms with E-state index in [-0.39, 0.29) is 26.6 Å². The molecule has 0 bridgehead atoms. The molecule has 0 rings (SSSR count). The monoisotopic (exact) mass is 353 g/mol. The first kappa shape index (κ1) is 17.0. The van der Waals surface area contributed by atoms with E-state index in [9.17, 15) is 9.59 Å². The minimum Gasteiger partial charge on any atom is -0.302 e. The Bertz CT molecular complexity index is 287. The van der Waals surface area contributed by atoms with E-state index in [2.05, 4.69) is 5.32 Å². The van der Waals surface area contributed by atoms with Crippen molar-refractivity contribution in [1.82, 2.24) is 5.32 Å². The lowest BCUT2D eigenvalue weighted by Crippen LogP contribution is -2.46. The van der Waals surface area contributed by atoms with Gasteiger partial charge < -0.3 is 5.32 Å². The van der Waals surface area contributed by atoms with Gasteiger partial charge in [0.05, 0.1) is 6.04 Å². The molecule has 1 unspecified atom stereocenters. The maximum absolute atomic E-state index is 11.8. The fraction of sp³-hybridized carbons (Fsp3) is 0.846. The Morgan fingerprint density at radius 2 is 1.59 bits per heavy atom. The lowest BCUT2D eigenvalue weighted by Gasteiger charge is -2.27. The largest absolute Gasteiger partial charge is 0.302 e. The van der Waals surface area contributed by atoms with Crippen molar-refractivity contribution in [3.8, 4) is 0 Å². The first-order valence-corrected chi connectivity index (χ1v) is 7.02. The molecule has 0 radical (unpaired) electrons. The van der Waals surface area contributed by atoms with Crippen LogP contribution in [0, 0.1) is 5.41 Å². The van der Waals surface area contributed by atoms with E-state index in [1.165, 1.54) is 0 Å². The summed E-state index contributed by atoms with van der Waals surface area (Å²) in [5.74, 6) is 0.204. The van der Waals surface area contributed by atoms with Crippen molar-refractivity contribution in [1.29, 1.82) is 0 Å². The number of carbonyl (C=O) groups is 2. The van der Waals surface area contributed by atoms with Crippen molar-refractivity contribution in [2.45, 2.75) is 66.0 Å². The SMILES string of the molecule is CC(C)(C)NC(CCC(=O)C(C)(C)C)C(=O)I. The zero-order chi connectivity index (χ0) is 13.9.